The summed E-state index contributed by atoms with van der Waals surface area (Å²) in [5, 5.41) is 0. The van der Waals surface area contributed by atoms with Gasteiger partial charge in [-0.1, -0.05) is 38.8 Å². The summed E-state index contributed by atoms with van der Waals surface area (Å²) in [5.74, 6) is 1.95. The molecule has 0 N–H and O–H groups in total. The maximum Gasteiger partial charge on any atom is 0.00845 e. The minimum atomic E-state index is 0.493. The van der Waals surface area contributed by atoms with E-state index in [4.69, 9.17) is 0 Å². The van der Waals surface area contributed by atoms with Crippen LogP contribution in [0.4, 0.5) is 0 Å². The molecule has 2 unspecified atom stereocenters. The highest BCUT2D eigenvalue weighted by atomic mass is 14.6. The summed E-state index contributed by atoms with van der Waals surface area (Å²) in [6.07, 6.45) is 0. The van der Waals surface area contributed by atoms with Crippen molar-refractivity contribution in [1.82, 2.24) is 0 Å². The van der Waals surface area contributed by atoms with Crippen LogP contribution in [-0.4, -0.2) is 0 Å². The van der Waals surface area contributed by atoms with Gasteiger partial charge in [0.05, 0.1) is 0 Å². The van der Waals surface area contributed by atoms with Gasteiger partial charge in [-0.15, -0.1) is 0 Å². The van der Waals surface area contributed by atoms with E-state index in [0.29, 0.717) is 5.41 Å². The lowest BCUT2D eigenvalue weighted by Crippen LogP contribution is -2.07. The monoisotopic (exact) mass is 122 g/mol. The SMILES string of the molecule is CC1C2=C(C(C)(C)C)C21. The minimum Gasteiger partial charge on any atom is -0.0583 e. The highest BCUT2D eigenvalue weighted by Crippen LogP contribution is 2.71. The zero-order valence-electron chi connectivity index (χ0n) is 6.65. The van der Waals surface area contributed by atoms with Crippen molar-refractivity contribution in [3.05, 3.63) is 11.1 Å². The van der Waals surface area contributed by atoms with E-state index in [9.17, 15) is 0 Å². The van der Waals surface area contributed by atoms with Gasteiger partial charge >= 0.3 is 0 Å². The van der Waals surface area contributed by atoms with Crippen LogP contribution in [0.15, 0.2) is 11.1 Å². The first-order valence-electron chi connectivity index (χ1n) is 3.78. The van der Waals surface area contributed by atoms with Gasteiger partial charge in [-0.05, 0) is 11.3 Å². The van der Waals surface area contributed by atoms with Crippen molar-refractivity contribution in [2.75, 3.05) is 0 Å². The van der Waals surface area contributed by atoms with E-state index in [-0.39, 0.29) is 0 Å². The molecular weight excluding hydrogens is 108 g/mol. The molecule has 2 rings (SSSR count). The molecule has 0 nitrogen and oxygen atoms in total. The van der Waals surface area contributed by atoms with Crippen molar-refractivity contribution in [3.8, 4) is 0 Å². The first kappa shape index (κ1) is 5.52. The number of rotatable bonds is 0. The smallest absolute Gasteiger partial charge is 0.00845 e. The van der Waals surface area contributed by atoms with Gasteiger partial charge < -0.3 is 0 Å². The molecule has 2 aliphatic rings. The Hall–Kier alpha value is -0.260. The molecule has 0 aromatic heterocycles. The van der Waals surface area contributed by atoms with Gasteiger partial charge in [-0.3, -0.25) is 0 Å². The highest BCUT2D eigenvalue weighted by Gasteiger charge is 2.61. The topological polar surface area (TPSA) is 0 Å². The third-order valence-electron chi connectivity index (χ3n) is 2.56. The zero-order chi connectivity index (χ0) is 6.81. The molecule has 0 heteroatoms. The van der Waals surface area contributed by atoms with Crippen molar-refractivity contribution >= 4 is 0 Å². The van der Waals surface area contributed by atoms with E-state index in [1.54, 1.807) is 11.1 Å². The van der Waals surface area contributed by atoms with Crippen LogP contribution in [0.1, 0.15) is 27.7 Å². The molecular formula is C9H14. The average Bonchev–Trinajstić information content (AvgIpc) is 2.42. The second-order valence-electron chi connectivity index (χ2n) is 4.39. The maximum absolute atomic E-state index is 2.33. The summed E-state index contributed by atoms with van der Waals surface area (Å²) in [6.45, 7) is 9.27. The van der Waals surface area contributed by atoms with Gasteiger partial charge in [0.25, 0.3) is 0 Å². The van der Waals surface area contributed by atoms with Crippen LogP contribution in [-0.2, 0) is 0 Å². The predicted molar refractivity (Wildman–Crippen MR) is 39.1 cm³/mol. The normalized spacial score (nSPS) is 38.7. The van der Waals surface area contributed by atoms with Gasteiger partial charge in [-0.25, -0.2) is 0 Å². The Morgan fingerprint density at radius 1 is 1.22 bits per heavy atom. The Balaban J connectivity index is 2.15. The lowest BCUT2D eigenvalue weighted by Gasteiger charge is -2.17. The largest absolute Gasteiger partial charge is 0.0583 e. The van der Waals surface area contributed by atoms with Gasteiger partial charge in [0.15, 0.2) is 0 Å². The fraction of sp³-hybridized carbons (Fsp3) is 0.778. The summed E-state index contributed by atoms with van der Waals surface area (Å²) in [6, 6.07) is 0. The molecule has 50 valence electrons. The summed E-state index contributed by atoms with van der Waals surface area (Å²) in [5.41, 5.74) is 4.03. The summed E-state index contributed by atoms with van der Waals surface area (Å²) < 4.78 is 0. The zero-order valence-corrected chi connectivity index (χ0v) is 6.65. The Morgan fingerprint density at radius 3 is 1.78 bits per heavy atom. The van der Waals surface area contributed by atoms with Crippen molar-refractivity contribution in [3.63, 3.8) is 0 Å². The van der Waals surface area contributed by atoms with E-state index in [0.717, 1.165) is 11.8 Å². The predicted octanol–water partition coefficient (Wildman–Crippen LogP) is 2.61. The highest BCUT2D eigenvalue weighted by molar-refractivity contribution is 5.61. The molecule has 0 amide bonds. The minimum absolute atomic E-state index is 0.493. The Morgan fingerprint density at radius 2 is 1.67 bits per heavy atom. The lowest BCUT2D eigenvalue weighted by atomic mass is 9.87. The number of hydrogen-bond donors (Lipinski definition) is 0. The average molecular weight is 122 g/mol. The molecule has 2 atom stereocenters. The van der Waals surface area contributed by atoms with Gasteiger partial charge in [0.2, 0.25) is 0 Å². The van der Waals surface area contributed by atoms with Crippen LogP contribution >= 0.6 is 0 Å². The summed E-state index contributed by atoms with van der Waals surface area (Å²) in [4.78, 5) is 0. The molecule has 0 aliphatic heterocycles. The Kier molecular flexibility index (Phi) is 0.685. The first-order valence-corrected chi connectivity index (χ1v) is 3.78. The second-order valence-corrected chi connectivity index (χ2v) is 4.39. The molecule has 0 saturated heterocycles. The molecule has 1 fully saturated rings. The Labute approximate surface area is 57.0 Å². The van der Waals surface area contributed by atoms with E-state index >= 15 is 0 Å². The molecule has 0 spiro atoms. The standard InChI is InChI=1S/C9H14/c1-5-6-7(5)8(6)9(2,3)4/h5-6H,1-4H3. The van der Waals surface area contributed by atoms with Crippen LogP contribution in [0, 0.1) is 17.3 Å². The fourth-order valence-corrected chi connectivity index (χ4v) is 1.95. The number of fused-ring (bicyclic) bond motifs is 1. The molecule has 0 heterocycles. The van der Waals surface area contributed by atoms with Crippen LogP contribution in [0.5, 0.6) is 0 Å². The van der Waals surface area contributed by atoms with Crippen molar-refractivity contribution < 1.29 is 0 Å². The third kappa shape index (κ3) is 0.540. The first-order chi connectivity index (χ1) is 4.03. The number of allylic oxidation sites excluding steroid dienone is 2. The molecule has 0 bridgehead atoms. The van der Waals surface area contributed by atoms with Crippen LogP contribution in [0.25, 0.3) is 0 Å². The van der Waals surface area contributed by atoms with Crippen LogP contribution in [0.3, 0.4) is 0 Å². The van der Waals surface area contributed by atoms with Crippen molar-refractivity contribution in [2.24, 2.45) is 17.3 Å². The molecule has 0 radical (unpaired) electrons. The van der Waals surface area contributed by atoms with E-state index in [1.165, 1.54) is 0 Å². The molecule has 9 heavy (non-hydrogen) atoms. The van der Waals surface area contributed by atoms with Gasteiger partial charge in [0.1, 0.15) is 0 Å². The van der Waals surface area contributed by atoms with E-state index in [1.807, 2.05) is 0 Å². The molecule has 1 saturated carbocycles. The van der Waals surface area contributed by atoms with Gasteiger partial charge in [0, 0.05) is 5.92 Å². The van der Waals surface area contributed by atoms with E-state index in [2.05, 4.69) is 27.7 Å². The van der Waals surface area contributed by atoms with Crippen molar-refractivity contribution in [2.45, 2.75) is 27.7 Å². The second kappa shape index (κ2) is 1.12. The quantitative estimate of drug-likeness (QED) is 0.433. The number of hydrogen-bond acceptors (Lipinski definition) is 0. The van der Waals surface area contributed by atoms with Gasteiger partial charge in [-0.2, -0.15) is 0 Å². The summed E-state index contributed by atoms with van der Waals surface area (Å²) in [7, 11) is 0. The molecule has 0 aromatic rings. The molecule has 2 aliphatic carbocycles. The summed E-state index contributed by atoms with van der Waals surface area (Å²) >= 11 is 0. The van der Waals surface area contributed by atoms with Crippen LogP contribution < -0.4 is 0 Å². The third-order valence-corrected chi connectivity index (χ3v) is 2.56. The lowest BCUT2D eigenvalue weighted by molar-refractivity contribution is 0.484. The van der Waals surface area contributed by atoms with Crippen LogP contribution in [0.2, 0.25) is 0 Å². The maximum atomic E-state index is 2.33. The molecule has 0 aromatic carbocycles. The van der Waals surface area contributed by atoms with Crippen molar-refractivity contribution in [1.29, 1.82) is 0 Å². The fourth-order valence-electron chi connectivity index (χ4n) is 1.95. The van der Waals surface area contributed by atoms with E-state index < -0.39 is 0 Å². The Bertz CT molecular complexity index is 191.